The zero-order chi connectivity index (χ0) is 16.1. The highest BCUT2D eigenvalue weighted by molar-refractivity contribution is 9.11. The van der Waals surface area contributed by atoms with Gasteiger partial charge in [-0.05, 0) is 65.5 Å². The number of nitrogens with zero attached hydrogens (tertiary/aromatic N) is 1. The van der Waals surface area contributed by atoms with E-state index in [4.69, 9.17) is 4.74 Å². The SMILES string of the molecule is CCCOc1c(Br)cc(Br)cc1C=Nc1cccc(C)c1C. The van der Waals surface area contributed by atoms with Gasteiger partial charge in [-0.3, -0.25) is 4.99 Å². The van der Waals surface area contributed by atoms with Crippen molar-refractivity contribution in [2.75, 3.05) is 6.61 Å². The Labute approximate surface area is 148 Å². The van der Waals surface area contributed by atoms with Crippen LogP contribution in [0.2, 0.25) is 0 Å². The van der Waals surface area contributed by atoms with Gasteiger partial charge in [0.15, 0.2) is 0 Å². The molecule has 116 valence electrons. The molecule has 2 aromatic rings. The molecule has 22 heavy (non-hydrogen) atoms. The number of benzene rings is 2. The van der Waals surface area contributed by atoms with Crippen molar-refractivity contribution in [2.45, 2.75) is 27.2 Å². The van der Waals surface area contributed by atoms with Crippen molar-refractivity contribution >= 4 is 43.8 Å². The van der Waals surface area contributed by atoms with E-state index in [0.29, 0.717) is 6.61 Å². The maximum Gasteiger partial charge on any atom is 0.142 e. The third-order valence-electron chi connectivity index (χ3n) is 3.41. The Morgan fingerprint density at radius 2 is 1.95 bits per heavy atom. The van der Waals surface area contributed by atoms with E-state index >= 15 is 0 Å². The second kappa shape index (κ2) is 7.93. The van der Waals surface area contributed by atoms with Gasteiger partial charge in [0.05, 0.1) is 16.8 Å². The lowest BCUT2D eigenvalue weighted by Crippen LogP contribution is -1.99. The van der Waals surface area contributed by atoms with Gasteiger partial charge in [0.2, 0.25) is 0 Å². The largest absolute Gasteiger partial charge is 0.492 e. The summed E-state index contributed by atoms with van der Waals surface area (Å²) in [6.45, 7) is 6.97. The molecule has 0 fully saturated rings. The minimum Gasteiger partial charge on any atom is -0.492 e. The Balaban J connectivity index is 2.39. The van der Waals surface area contributed by atoms with E-state index in [1.165, 1.54) is 11.1 Å². The normalized spacial score (nSPS) is 11.1. The van der Waals surface area contributed by atoms with Crippen molar-refractivity contribution in [3.63, 3.8) is 0 Å². The first-order valence-electron chi connectivity index (χ1n) is 7.25. The van der Waals surface area contributed by atoms with Gasteiger partial charge in [0.1, 0.15) is 5.75 Å². The van der Waals surface area contributed by atoms with Crippen LogP contribution in [0.1, 0.15) is 30.0 Å². The van der Waals surface area contributed by atoms with Crippen molar-refractivity contribution in [2.24, 2.45) is 4.99 Å². The van der Waals surface area contributed by atoms with Crippen molar-refractivity contribution in [1.82, 2.24) is 0 Å². The molecule has 4 heteroatoms. The summed E-state index contributed by atoms with van der Waals surface area (Å²) in [5.41, 5.74) is 4.38. The summed E-state index contributed by atoms with van der Waals surface area (Å²) in [4.78, 5) is 4.64. The van der Waals surface area contributed by atoms with Gasteiger partial charge in [-0.25, -0.2) is 0 Å². The predicted molar refractivity (Wildman–Crippen MR) is 101 cm³/mol. The molecule has 0 heterocycles. The molecule has 0 amide bonds. The number of halogens is 2. The zero-order valence-corrected chi connectivity index (χ0v) is 16.2. The second-order valence-corrected chi connectivity index (χ2v) is 6.90. The van der Waals surface area contributed by atoms with Gasteiger partial charge >= 0.3 is 0 Å². The van der Waals surface area contributed by atoms with E-state index in [9.17, 15) is 0 Å². The fourth-order valence-electron chi connectivity index (χ4n) is 2.05. The van der Waals surface area contributed by atoms with Crippen LogP contribution in [0.5, 0.6) is 5.75 Å². The second-order valence-electron chi connectivity index (χ2n) is 5.13. The Morgan fingerprint density at radius 1 is 1.18 bits per heavy atom. The molecule has 0 atom stereocenters. The van der Waals surface area contributed by atoms with E-state index in [-0.39, 0.29) is 0 Å². The van der Waals surface area contributed by atoms with Crippen LogP contribution in [0.3, 0.4) is 0 Å². The first-order chi connectivity index (χ1) is 10.5. The van der Waals surface area contributed by atoms with Crippen molar-refractivity contribution < 1.29 is 4.74 Å². The molecule has 0 saturated heterocycles. The molecule has 0 aliphatic rings. The van der Waals surface area contributed by atoms with Crippen molar-refractivity contribution in [3.8, 4) is 5.75 Å². The Kier molecular flexibility index (Phi) is 6.21. The number of aryl methyl sites for hydroxylation is 1. The van der Waals surface area contributed by atoms with Crippen LogP contribution in [0.4, 0.5) is 5.69 Å². The first-order valence-corrected chi connectivity index (χ1v) is 8.83. The summed E-state index contributed by atoms with van der Waals surface area (Å²) in [6.07, 6.45) is 2.83. The minimum absolute atomic E-state index is 0.685. The molecule has 2 aromatic carbocycles. The molecule has 0 radical (unpaired) electrons. The average molecular weight is 425 g/mol. The van der Waals surface area contributed by atoms with Crippen LogP contribution in [-0.2, 0) is 0 Å². The predicted octanol–water partition coefficient (Wildman–Crippen LogP) is 6.37. The molecular formula is C18H19Br2NO. The van der Waals surface area contributed by atoms with Gasteiger partial charge < -0.3 is 4.74 Å². The third-order valence-corrected chi connectivity index (χ3v) is 4.45. The molecule has 2 nitrogen and oxygen atoms in total. The molecule has 0 aromatic heterocycles. The maximum atomic E-state index is 5.86. The van der Waals surface area contributed by atoms with Crippen molar-refractivity contribution in [1.29, 1.82) is 0 Å². The van der Waals surface area contributed by atoms with E-state index < -0.39 is 0 Å². The quantitative estimate of drug-likeness (QED) is 0.511. The Morgan fingerprint density at radius 3 is 2.68 bits per heavy atom. The lowest BCUT2D eigenvalue weighted by molar-refractivity contribution is 0.315. The number of hydrogen-bond acceptors (Lipinski definition) is 2. The van der Waals surface area contributed by atoms with E-state index in [0.717, 1.165) is 32.4 Å². The molecule has 0 N–H and O–H groups in total. The van der Waals surface area contributed by atoms with Crippen LogP contribution in [-0.4, -0.2) is 12.8 Å². The van der Waals surface area contributed by atoms with Crippen LogP contribution < -0.4 is 4.74 Å². The highest BCUT2D eigenvalue weighted by atomic mass is 79.9. The molecule has 0 bridgehead atoms. The van der Waals surface area contributed by atoms with E-state index in [2.05, 4.69) is 63.7 Å². The zero-order valence-electron chi connectivity index (χ0n) is 13.0. The van der Waals surface area contributed by atoms with E-state index in [1.54, 1.807) is 0 Å². The number of ether oxygens (including phenoxy) is 1. The molecule has 0 spiro atoms. The summed E-state index contributed by atoms with van der Waals surface area (Å²) >= 11 is 7.08. The standard InChI is InChI=1S/C18H19Br2NO/c1-4-8-22-18-14(9-15(19)10-16(18)20)11-21-17-7-5-6-12(2)13(17)3/h5-7,9-11H,4,8H2,1-3H3. The van der Waals surface area contributed by atoms with Crippen molar-refractivity contribution in [3.05, 3.63) is 56.0 Å². The lowest BCUT2D eigenvalue weighted by Gasteiger charge is -2.11. The van der Waals surface area contributed by atoms with Crippen LogP contribution in [0, 0.1) is 13.8 Å². The molecule has 0 unspecified atom stereocenters. The first kappa shape index (κ1) is 17.2. The van der Waals surface area contributed by atoms with Crippen LogP contribution in [0.15, 0.2) is 44.3 Å². The average Bonchev–Trinajstić information content (AvgIpc) is 2.47. The number of rotatable bonds is 5. The topological polar surface area (TPSA) is 21.6 Å². The maximum absolute atomic E-state index is 5.86. The smallest absolute Gasteiger partial charge is 0.142 e. The van der Waals surface area contributed by atoms with Gasteiger partial charge in [-0.1, -0.05) is 35.0 Å². The summed E-state index contributed by atoms with van der Waals surface area (Å²) < 4.78 is 7.78. The summed E-state index contributed by atoms with van der Waals surface area (Å²) in [5, 5.41) is 0. The number of aliphatic imine (C=N–C) groups is 1. The van der Waals surface area contributed by atoms with Gasteiger partial charge in [0, 0.05) is 16.3 Å². The van der Waals surface area contributed by atoms with Crippen LogP contribution >= 0.6 is 31.9 Å². The molecular weight excluding hydrogens is 406 g/mol. The van der Waals surface area contributed by atoms with Gasteiger partial charge in [-0.2, -0.15) is 0 Å². The lowest BCUT2D eigenvalue weighted by atomic mass is 10.1. The molecule has 0 aliphatic carbocycles. The van der Waals surface area contributed by atoms with Gasteiger partial charge in [0.25, 0.3) is 0 Å². The highest BCUT2D eigenvalue weighted by Gasteiger charge is 2.09. The summed E-state index contributed by atoms with van der Waals surface area (Å²) in [6, 6.07) is 10.2. The fraction of sp³-hybridized carbons (Fsp3) is 0.278. The molecule has 2 rings (SSSR count). The van der Waals surface area contributed by atoms with Gasteiger partial charge in [-0.15, -0.1) is 0 Å². The van der Waals surface area contributed by atoms with E-state index in [1.807, 2.05) is 30.5 Å². The minimum atomic E-state index is 0.685. The summed E-state index contributed by atoms with van der Waals surface area (Å²) in [5.74, 6) is 0.833. The Hall–Kier alpha value is -1.13. The monoisotopic (exact) mass is 423 g/mol. The number of hydrogen-bond donors (Lipinski definition) is 0. The highest BCUT2D eigenvalue weighted by Crippen LogP contribution is 2.33. The summed E-state index contributed by atoms with van der Waals surface area (Å²) in [7, 11) is 0. The molecule has 0 saturated carbocycles. The fourth-order valence-corrected chi connectivity index (χ4v) is 3.42. The van der Waals surface area contributed by atoms with Crippen LogP contribution in [0.25, 0.3) is 0 Å². The third kappa shape index (κ3) is 4.20. The molecule has 0 aliphatic heterocycles. The Bertz CT molecular complexity index is 696.